The number of hydrogen-bond acceptors (Lipinski definition) is 3. The number of fused-ring (bicyclic) bond motifs is 5. The number of amides is 2. The Hall–Kier alpha value is -1.62. The highest BCUT2D eigenvalue weighted by molar-refractivity contribution is 5.74. The van der Waals surface area contributed by atoms with Crippen LogP contribution in [-0.2, 0) is 9.59 Å². The van der Waals surface area contributed by atoms with E-state index in [1.165, 1.54) is 5.57 Å². The Balaban J connectivity index is 1.74. The van der Waals surface area contributed by atoms with Gasteiger partial charge in [-0.3, -0.25) is 9.59 Å². The van der Waals surface area contributed by atoms with Crippen molar-refractivity contribution >= 4 is 11.8 Å². The van der Waals surface area contributed by atoms with Gasteiger partial charge in [0.25, 0.3) is 0 Å². The van der Waals surface area contributed by atoms with Gasteiger partial charge in [-0.15, -0.1) is 0 Å². The van der Waals surface area contributed by atoms with Crippen LogP contribution in [0.2, 0.25) is 0 Å². The SMILES string of the molecule is CC(=O)N[C@H]1C=C2C[C@@H](O)C=C[C@]2(C)[C@H]2CC[C@]3(C)[C@@H](NC(C)=O)CC[C@H]3[C@H]12. The van der Waals surface area contributed by atoms with Crippen LogP contribution in [0.4, 0.5) is 0 Å². The van der Waals surface area contributed by atoms with Gasteiger partial charge in [-0.25, -0.2) is 0 Å². The van der Waals surface area contributed by atoms with E-state index in [0.29, 0.717) is 24.2 Å². The number of allylic oxidation sites excluding steroid dienone is 1. The van der Waals surface area contributed by atoms with Crippen molar-refractivity contribution in [3.8, 4) is 0 Å². The maximum atomic E-state index is 12.0. The fourth-order valence-electron chi connectivity index (χ4n) is 7.12. The van der Waals surface area contributed by atoms with Crippen molar-refractivity contribution in [1.29, 1.82) is 0 Å². The number of nitrogens with one attached hydrogen (secondary N) is 2. The Kier molecular flexibility index (Phi) is 4.72. The summed E-state index contributed by atoms with van der Waals surface area (Å²) in [7, 11) is 0. The van der Waals surface area contributed by atoms with Crippen LogP contribution in [0.1, 0.15) is 59.8 Å². The van der Waals surface area contributed by atoms with Gasteiger partial charge < -0.3 is 15.7 Å². The van der Waals surface area contributed by atoms with E-state index in [4.69, 9.17) is 0 Å². The maximum Gasteiger partial charge on any atom is 0.217 e. The van der Waals surface area contributed by atoms with E-state index in [9.17, 15) is 14.7 Å². The molecular weight excluding hydrogens is 352 g/mol. The van der Waals surface area contributed by atoms with E-state index in [2.05, 4.69) is 36.6 Å². The molecule has 2 fully saturated rings. The number of hydrogen-bond donors (Lipinski definition) is 3. The normalized spacial score (nSPS) is 46.7. The molecule has 0 aromatic heterocycles. The lowest BCUT2D eigenvalue weighted by Crippen LogP contribution is -2.59. The highest BCUT2D eigenvalue weighted by atomic mass is 16.3. The molecule has 8 atom stereocenters. The third-order valence-electron chi connectivity index (χ3n) is 8.43. The van der Waals surface area contributed by atoms with Gasteiger partial charge in [0.2, 0.25) is 11.8 Å². The number of carbonyl (C=O) groups excluding carboxylic acids is 2. The fourth-order valence-corrected chi connectivity index (χ4v) is 7.12. The lowest BCUT2D eigenvalue weighted by Gasteiger charge is -2.58. The van der Waals surface area contributed by atoms with Gasteiger partial charge in [-0.2, -0.15) is 0 Å². The summed E-state index contributed by atoms with van der Waals surface area (Å²) in [6.45, 7) is 7.85. The van der Waals surface area contributed by atoms with Crippen LogP contribution in [0.5, 0.6) is 0 Å². The molecule has 0 aromatic carbocycles. The molecule has 2 amide bonds. The minimum Gasteiger partial charge on any atom is -0.389 e. The average Bonchev–Trinajstić information content (AvgIpc) is 2.92. The molecule has 3 N–H and O–H groups in total. The van der Waals surface area contributed by atoms with Crippen LogP contribution in [0.15, 0.2) is 23.8 Å². The quantitative estimate of drug-likeness (QED) is 0.639. The number of rotatable bonds is 2. The zero-order valence-corrected chi connectivity index (χ0v) is 17.5. The summed E-state index contributed by atoms with van der Waals surface area (Å²) in [5.74, 6) is 1.32. The lowest BCUT2D eigenvalue weighted by atomic mass is 9.48. The van der Waals surface area contributed by atoms with Crippen molar-refractivity contribution in [3.05, 3.63) is 23.8 Å². The predicted molar refractivity (Wildman–Crippen MR) is 108 cm³/mol. The number of aliphatic hydroxyl groups excluding tert-OH is 1. The minimum atomic E-state index is -0.432. The van der Waals surface area contributed by atoms with E-state index in [-0.39, 0.29) is 34.7 Å². The van der Waals surface area contributed by atoms with Crippen molar-refractivity contribution in [2.75, 3.05) is 0 Å². The second-order valence-electron chi connectivity index (χ2n) is 10.00. The third-order valence-corrected chi connectivity index (χ3v) is 8.43. The maximum absolute atomic E-state index is 12.0. The average molecular weight is 387 g/mol. The van der Waals surface area contributed by atoms with Crippen LogP contribution in [-0.4, -0.2) is 35.1 Å². The molecule has 0 saturated heterocycles. The van der Waals surface area contributed by atoms with Crippen molar-refractivity contribution in [3.63, 3.8) is 0 Å². The molecule has 0 bridgehead atoms. The van der Waals surface area contributed by atoms with Gasteiger partial charge in [0.15, 0.2) is 0 Å². The Morgan fingerprint density at radius 1 is 1.07 bits per heavy atom. The second-order valence-corrected chi connectivity index (χ2v) is 10.00. The van der Waals surface area contributed by atoms with E-state index < -0.39 is 6.10 Å². The molecule has 154 valence electrons. The largest absolute Gasteiger partial charge is 0.389 e. The molecule has 4 aliphatic rings. The monoisotopic (exact) mass is 386 g/mol. The molecule has 28 heavy (non-hydrogen) atoms. The van der Waals surface area contributed by atoms with Gasteiger partial charge in [0.05, 0.1) is 12.1 Å². The summed E-state index contributed by atoms with van der Waals surface area (Å²) in [6, 6.07) is 0.223. The summed E-state index contributed by atoms with van der Waals surface area (Å²) >= 11 is 0. The van der Waals surface area contributed by atoms with Crippen molar-refractivity contribution < 1.29 is 14.7 Å². The number of aliphatic hydroxyl groups is 1. The van der Waals surface area contributed by atoms with E-state index in [0.717, 1.165) is 25.7 Å². The standard InChI is InChI=1S/C23H34N2O3/c1-13(26)24-19-12-15-11-16(28)7-9-22(15,3)18-8-10-23(4)17(21(18)19)5-6-20(23)25-14(2)27/h7,9,12,16-21,28H,5-6,8,10-11H2,1-4H3,(H,24,26)(H,25,27)/t16-,17-,18-,19-,20-,21-,22-,23-/m0/s1. The summed E-state index contributed by atoms with van der Waals surface area (Å²) in [4.78, 5) is 23.8. The van der Waals surface area contributed by atoms with Crippen molar-refractivity contribution in [2.24, 2.45) is 28.6 Å². The first-order valence-corrected chi connectivity index (χ1v) is 10.8. The van der Waals surface area contributed by atoms with Gasteiger partial charge in [-0.05, 0) is 55.3 Å². The highest BCUT2D eigenvalue weighted by Gasteiger charge is 2.60. The molecule has 2 saturated carbocycles. The highest BCUT2D eigenvalue weighted by Crippen LogP contribution is 2.63. The van der Waals surface area contributed by atoms with Gasteiger partial charge >= 0.3 is 0 Å². The predicted octanol–water partition coefficient (Wildman–Crippen LogP) is 2.71. The van der Waals surface area contributed by atoms with E-state index in [1.54, 1.807) is 13.8 Å². The smallest absolute Gasteiger partial charge is 0.217 e. The summed E-state index contributed by atoms with van der Waals surface area (Å²) < 4.78 is 0. The first-order valence-electron chi connectivity index (χ1n) is 10.8. The van der Waals surface area contributed by atoms with Gasteiger partial charge in [0, 0.05) is 25.3 Å². The van der Waals surface area contributed by atoms with E-state index >= 15 is 0 Å². The third kappa shape index (κ3) is 2.94. The molecule has 0 aromatic rings. The van der Waals surface area contributed by atoms with Crippen LogP contribution in [0.3, 0.4) is 0 Å². The lowest BCUT2D eigenvalue weighted by molar-refractivity contribution is -0.121. The van der Waals surface area contributed by atoms with Crippen molar-refractivity contribution in [2.45, 2.75) is 78.0 Å². The molecule has 5 nitrogen and oxygen atoms in total. The Morgan fingerprint density at radius 2 is 1.79 bits per heavy atom. The molecule has 5 heteroatoms. The molecule has 0 heterocycles. The molecule has 0 spiro atoms. The van der Waals surface area contributed by atoms with Crippen LogP contribution < -0.4 is 10.6 Å². The molecular formula is C23H34N2O3. The molecule has 4 rings (SSSR count). The second kappa shape index (κ2) is 6.72. The zero-order valence-electron chi connectivity index (χ0n) is 17.5. The topological polar surface area (TPSA) is 78.4 Å². The molecule has 0 unspecified atom stereocenters. The molecule has 0 radical (unpaired) electrons. The Morgan fingerprint density at radius 3 is 2.46 bits per heavy atom. The van der Waals surface area contributed by atoms with Crippen LogP contribution in [0.25, 0.3) is 0 Å². The molecule has 4 aliphatic carbocycles. The first kappa shape index (κ1) is 19.7. The Bertz CT molecular complexity index is 744. The Labute approximate surface area is 168 Å². The zero-order chi connectivity index (χ0) is 20.3. The first-order chi connectivity index (χ1) is 13.1. The summed E-state index contributed by atoms with van der Waals surface area (Å²) in [5.41, 5.74) is 1.29. The fraction of sp³-hybridized carbons (Fsp3) is 0.739. The van der Waals surface area contributed by atoms with Crippen molar-refractivity contribution in [1.82, 2.24) is 10.6 Å². The number of carbonyl (C=O) groups is 2. The van der Waals surface area contributed by atoms with Gasteiger partial charge in [-0.1, -0.05) is 37.6 Å². The summed E-state index contributed by atoms with van der Waals surface area (Å²) in [6.07, 6.45) is 10.9. The molecule has 0 aliphatic heterocycles. The van der Waals surface area contributed by atoms with Crippen LogP contribution in [0, 0.1) is 28.6 Å². The van der Waals surface area contributed by atoms with Gasteiger partial charge in [0.1, 0.15) is 0 Å². The summed E-state index contributed by atoms with van der Waals surface area (Å²) in [5, 5.41) is 16.6. The minimum absolute atomic E-state index is 0.000197. The van der Waals surface area contributed by atoms with E-state index in [1.807, 2.05) is 6.08 Å². The van der Waals surface area contributed by atoms with Crippen LogP contribution >= 0.6 is 0 Å².